The molecule has 0 aliphatic carbocycles. The third kappa shape index (κ3) is 1.52. The monoisotopic (exact) mass is 219 g/mol. The van der Waals surface area contributed by atoms with E-state index in [9.17, 15) is 0 Å². The number of benzene rings is 1. The summed E-state index contributed by atoms with van der Waals surface area (Å²) in [5.74, 6) is 2.25. The van der Waals surface area contributed by atoms with Gasteiger partial charge in [-0.2, -0.15) is 0 Å². The van der Waals surface area contributed by atoms with Crippen LogP contribution in [0.25, 0.3) is 0 Å². The van der Waals surface area contributed by atoms with Crippen LogP contribution in [0.4, 0.5) is 0 Å². The molecule has 16 heavy (non-hydrogen) atoms. The average molecular weight is 219 g/mol. The van der Waals surface area contributed by atoms with Crippen LogP contribution in [-0.2, 0) is 6.61 Å². The summed E-state index contributed by atoms with van der Waals surface area (Å²) in [6.07, 6.45) is 0. The number of nitrogens with zero attached hydrogens (tertiary/aromatic N) is 3. The zero-order chi connectivity index (χ0) is 10.8. The zero-order valence-electron chi connectivity index (χ0n) is 8.14. The minimum Gasteiger partial charge on any atom is -0.481 e. The number of H-pyrrole nitrogens is 1. The van der Waals surface area contributed by atoms with Crippen LogP contribution in [0.1, 0.15) is 5.82 Å². The average Bonchev–Trinajstić information content (AvgIpc) is 2.97. The molecule has 0 amide bonds. The third-order valence-corrected chi connectivity index (χ3v) is 2.04. The molecule has 1 aliphatic heterocycles. The molecule has 0 saturated carbocycles. The Labute approximate surface area is 90.3 Å². The molecule has 1 radical (unpaired) electrons. The predicted molar refractivity (Wildman–Crippen MR) is 49.9 cm³/mol. The van der Waals surface area contributed by atoms with E-state index in [1.807, 2.05) is 0 Å². The van der Waals surface area contributed by atoms with Crippen molar-refractivity contribution < 1.29 is 14.2 Å². The van der Waals surface area contributed by atoms with Gasteiger partial charge in [0.2, 0.25) is 12.5 Å². The van der Waals surface area contributed by atoms with Gasteiger partial charge in [-0.15, -0.1) is 5.10 Å². The van der Waals surface area contributed by atoms with Gasteiger partial charge in [0.15, 0.2) is 17.3 Å². The van der Waals surface area contributed by atoms with E-state index in [2.05, 4.69) is 26.7 Å². The number of aromatic amines is 1. The Bertz CT molecular complexity index is 486. The van der Waals surface area contributed by atoms with Crippen molar-refractivity contribution in [3.05, 3.63) is 24.0 Å². The van der Waals surface area contributed by atoms with E-state index in [0.29, 0.717) is 23.1 Å². The molecule has 0 bridgehead atoms. The summed E-state index contributed by atoms with van der Waals surface area (Å²) in [7, 11) is 0. The molecule has 0 atom stereocenters. The Morgan fingerprint density at radius 3 is 3.38 bits per heavy atom. The van der Waals surface area contributed by atoms with Gasteiger partial charge in [0.1, 0.15) is 6.61 Å². The van der Waals surface area contributed by atoms with Crippen LogP contribution < -0.4 is 14.2 Å². The molecule has 1 aromatic heterocycles. The van der Waals surface area contributed by atoms with Gasteiger partial charge in [-0.1, -0.05) is 0 Å². The Morgan fingerprint density at radius 1 is 1.50 bits per heavy atom. The largest absolute Gasteiger partial charge is 0.481 e. The fraction of sp³-hybridized carbons (Fsp3) is 0.222. The highest BCUT2D eigenvalue weighted by atomic mass is 16.7. The predicted octanol–water partition coefficient (Wildman–Crippen LogP) is 0.308. The lowest BCUT2D eigenvalue weighted by Gasteiger charge is -2.05. The van der Waals surface area contributed by atoms with Gasteiger partial charge < -0.3 is 14.2 Å². The fourth-order valence-corrected chi connectivity index (χ4v) is 1.34. The van der Waals surface area contributed by atoms with Crippen molar-refractivity contribution in [1.29, 1.82) is 0 Å². The number of rotatable bonds is 3. The van der Waals surface area contributed by atoms with E-state index >= 15 is 0 Å². The second-order valence-corrected chi connectivity index (χ2v) is 3.04. The normalized spacial score (nSPS) is 12.8. The number of fused-ring (bicyclic) bond motifs is 1. The van der Waals surface area contributed by atoms with E-state index in [4.69, 9.17) is 14.2 Å². The minimum absolute atomic E-state index is 0.202. The SMILES string of the molecule is [c]1ccc2c(c1OCc1nnn[nH]1)OCO2. The molecule has 7 nitrogen and oxygen atoms in total. The molecular weight excluding hydrogens is 212 g/mol. The van der Waals surface area contributed by atoms with Gasteiger partial charge in [0.05, 0.1) is 0 Å². The van der Waals surface area contributed by atoms with Crippen LogP contribution in [0, 0.1) is 6.07 Å². The first kappa shape index (κ1) is 8.96. The Balaban J connectivity index is 1.78. The molecule has 0 spiro atoms. The summed E-state index contributed by atoms with van der Waals surface area (Å²) in [6.45, 7) is 0.427. The topological polar surface area (TPSA) is 82.2 Å². The first-order valence-corrected chi connectivity index (χ1v) is 4.59. The van der Waals surface area contributed by atoms with Crippen LogP contribution in [-0.4, -0.2) is 27.4 Å². The maximum Gasteiger partial charge on any atom is 0.231 e. The summed E-state index contributed by atoms with van der Waals surface area (Å²) >= 11 is 0. The van der Waals surface area contributed by atoms with Crippen molar-refractivity contribution in [1.82, 2.24) is 20.6 Å². The molecule has 81 valence electrons. The minimum atomic E-state index is 0.202. The lowest BCUT2D eigenvalue weighted by molar-refractivity contribution is 0.169. The van der Waals surface area contributed by atoms with Crippen LogP contribution >= 0.6 is 0 Å². The standard InChI is InChI=1S/C9H7N4O3/c1-2-6(9-7(3-1)15-5-16-9)14-4-8-10-12-13-11-8/h1,3H,4-5H2,(H,10,11,12,13). The summed E-state index contributed by atoms with van der Waals surface area (Å²) < 4.78 is 15.9. The zero-order valence-corrected chi connectivity index (χ0v) is 8.14. The van der Waals surface area contributed by atoms with Crippen molar-refractivity contribution in [2.24, 2.45) is 0 Å². The van der Waals surface area contributed by atoms with Crippen molar-refractivity contribution in [2.75, 3.05) is 6.79 Å². The Morgan fingerprint density at radius 2 is 2.50 bits per heavy atom. The highest BCUT2D eigenvalue weighted by Gasteiger charge is 2.18. The lowest BCUT2D eigenvalue weighted by atomic mass is 10.3. The number of aromatic nitrogens is 4. The number of hydrogen-bond acceptors (Lipinski definition) is 6. The maximum absolute atomic E-state index is 5.46. The van der Waals surface area contributed by atoms with Crippen molar-refractivity contribution in [3.63, 3.8) is 0 Å². The van der Waals surface area contributed by atoms with Crippen LogP contribution in [0.15, 0.2) is 12.1 Å². The first-order chi connectivity index (χ1) is 7.93. The molecule has 0 saturated heterocycles. The Kier molecular flexibility index (Phi) is 2.06. The molecule has 1 aliphatic rings. The fourth-order valence-electron chi connectivity index (χ4n) is 1.34. The van der Waals surface area contributed by atoms with Gasteiger partial charge in [-0.3, -0.25) is 0 Å². The van der Waals surface area contributed by atoms with Gasteiger partial charge >= 0.3 is 0 Å². The van der Waals surface area contributed by atoms with Gasteiger partial charge in [-0.25, -0.2) is 5.10 Å². The molecule has 0 unspecified atom stereocenters. The molecule has 2 aromatic rings. The van der Waals surface area contributed by atoms with E-state index in [1.54, 1.807) is 12.1 Å². The van der Waals surface area contributed by atoms with Gasteiger partial charge in [-0.05, 0) is 22.6 Å². The van der Waals surface area contributed by atoms with E-state index < -0.39 is 0 Å². The number of nitrogens with one attached hydrogen (secondary N) is 1. The molecule has 7 heteroatoms. The molecular formula is C9H7N4O3. The van der Waals surface area contributed by atoms with Crippen LogP contribution in [0.5, 0.6) is 17.2 Å². The maximum atomic E-state index is 5.46. The van der Waals surface area contributed by atoms with Crippen LogP contribution in [0.2, 0.25) is 0 Å². The highest BCUT2D eigenvalue weighted by molar-refractivity contribution is 5.51. The number of tetrazole rings is 1. The quantitative estimate of drug-likeness (QED) is 0.799. The molecule has 0 fully saturated rings. The van der Waals surface area contributed by atoms with Gasteiger partial charge in [0, 0.05) is 6.07 Å². The van der Waals surface area contributed by atoms with Gasteiger partial charge in [0.25, 0.3) is 0 Å². The first-order valence-electron chi connectivity index (χ1n) is 4.59. The second-order valence-electron chi connectivity index (χ2n) is 3.04. The summed E-state index contributed by atoms with van der Waals surface area (Å²) in [5.41, 5.74) is 0. The summed E-state index contributed by atoms with van der Waals surface area (Å²) in [4.78, 5) is 0. The smallest absolute Gasteiger partial charge is 0.231 e. The van der Waals surface area contributed by atoms with Crippen LogP contribution in [0.3, 0.4) is 0 Å². The molecule has 1 N–H and O–H groups in total. The summed E-state index contributed by atoms with van der Waals surface area (Å²) in [6, 6.07) is 6.40. The third-order valence-electron chi connectivity index (χ3n) is 2.04. The van der Waals surface area contributed by atoms with Crippen molar-refractivity contribution >= 4 is 0 Å². The van der Waals surface area contributed by atoms with Crippen molar-refractivity contribution in [3.8, 4) is 17.2 Å². The summed E-state index contributed by atoms with van der Waals surface area (Å²) in [5, 5.41) is 13.2. The Hall–Kier alpha value is -2.31. The number of ether oxygens (including phenoxy) is 3. The molecule has 2 heterocycles. The lowest BCUT2D eigenvalue weighted by Crippen LogP contribution is -1.99. The van der Waals surface area contributed by atoms with E-state index in [1.165, 1.54) is 0 Å². The second kappa shape index (κ2) is 3.69. The van der Waals surface area contributed by atoms with E-state index in [-0.39, 0.29) is 13.4 Å². The highest BCUT2D eigenvalue weighted by Crippen LogP contribution is 2.40. The number of hydrogen-bond donors (Lipinski definition) is 1. The van der Waals surface area contributed by atoms with E-state index in [0.717, 1.165) is 0 Å². The molecule has 3 rings (SSSR count). The van der Waals surface area contributed by atoms with Crippen molar-refractivity contribution in [2.45, 2.75) is 6.61 Å². The molecule has 1 aromatic carbocycles.